The van der Waals surface area contributed by atoms with E-state index in [1.807, 2.05) is 24.3 Å². The molecule has 23 heavy (non-hydrogen) atoms. The van der Waals surface area contributed by atoms with Gasteiger partial charge >= 0.3 is 6.09 Å². The van der Waals surface area contributed by atoms with Crippen LogP contribution in [0.15, 0.2) is 29.2 Å². The van der Waals surface area contributed by atoms with E-state index in [0.717, 1.165) is 17.7 Å². The highest BCUT2D eigenvalue weighted by Gasteiger charge is 2.24. The third kappa shape index (κ3) is 5.62. The van der Waals surface area contributed by atoms with Crippen molar-refractivity contribution in [1.82, 2.24) is 10.2 Å². The number of benzene rings is 1. The summed E-state index contributed by atoms with van der Waals surface area (Å²) in [6, 6.07) is 7.59. The van der Waals surface area contributed by atoms with Crippen molar-refractivity contribution in [2.75, 3.05) is 25.4 Å². The molecule has 126 valence electrons. The van der Waals surface area contributed by atoms with E-state index in [1.165, 1.54) is 11.8 Å². The fourth-order valence-corrected chi connectivity index (χ4v) is 3.45. The lowest BCUT2D eigenvalue weighted by Gasteiger charge is -2.31. The summed E-state index contributed by atoms with van der Waals surface area (Å²) in [5.41, 5.74) is 0. The Hall–Kier alpha value is -1.40. The minimum Gasteiger partial charge on any atom is -0.450 e. The monoisotopic (exact) mass is 356 g/mol. The first-order valence-electron chi connectivity index (χ1n) is 7.68. The summed E-state index contributed by atoms with van der Waals surface area (Å²) < 4.78 is 4.98. The number of ether oxygens (including phenoxy) is 1. The lowest BCUT2D eigenvalue weighted by atomic mass is 10.1. The van der Waals surface area contributed by atoms with Crippen LogP contribution in [0.25, 0.3) is 0 Å². The normalized spacial score (nSPS) is 15.3. The second-order valence-electron chi connectivity index (χ2n) is 5.25. The van der Waals surface area contributed by atoms with Crippen LogP contribution >= 0.6 is 23.4 Å². The number of hydrogen-bond donors (Lipinski definition) is 1. The number of piperidine rings is 1. The molecule has 0 bridgehead atoms. The van der Waals surface area contributed by atoms with E-state index in [0.29, 0.717) is 30.5 Å². The van der Waals surface area contributed by atoms with Gasteiger partial charge in [-0.2, -0.15) is 0 Å². The van der Waals surface area contributed by atoms with E-state index in [2.05, 4.69) is 5.32 Å². The minimum atomic E-state index is -0.272. The van der Waals surface area contributed by atoms with Gasteiger partial charge < -0.3 is 15.0 Å². The maximum atomic E-state index is 12.0. The third-order valence-electron chi connectivity index (χ3n) is 3.58. The van der Waals surface area contributed by atoms with Crippen LogP contribution in [0.1, 0.15) is 19.8 Å². The molecule has 1 aromatic carbocycles. The van der Waals surface area contributed by atoms with Gasteiger partial charge in [-0.3, -0.25) is 4.79 Å². The first kappa shape index (κ1) is 17.9. The zero-order valence-corrected chi connectivity index (χ0v) is 14.7. The van der Waals surface area contributed by atoms with E-state index < -0.39 is 0 Å². The molecule has 0 aromatic heterocycles. The molecule has 1 saturated heterocycles. The van der Waals surface area contributed by atoms with Gasteiger partial charge in [0.05, 0.1) is 17.4 Å². The molecule has 0 unspecified atom stereocenters. The predicted octanol–water partition coefficient (Wildman–Crippen LogP) is 3.17. The van der Waals surface area contributed by atoms with Crippen LogP contribution in [0, 0.1) is 0 Å². The van der Waals surface area contributed by atoms with Crippen LogP contribution in [0.4, 0.5) is 4.79 Å². The molecule has 0 saturated carbocycles. The van der Waals surface area contributed by atoms with E-state index >= 15 is 0 Å². The first-order valence-corrected chi connectivity index (χ1v) is 9.05. The number of nitrogens with zero attached hydrogens (tertiary/aromatic N) is 1. The van der Waals surface area contributed by atoms with Crippen LogP contribution < -0.4 is 5.32 Å². The van der Waals surface area contributed by atoms with Crippen molar-refractivity contribution in [2.45, 2.75) is 30.7 Å². The summed E-state index contributed by atoms with van der Waals surface area (Å²) in [6.07, 6.45) is 1.23. The maximum Gasteiger partial charge on any atom is 0.409 e. The number of rotatable bonds is 5. The average Bonchev–Trinajstić information content (AvgIpc) is 2.55. The van der Waals surface area contributed by atoms with Gasteiger partial charge in [0.15, 0.2) is 0 Å². The van der Waals surface area contributed by atoms with Gasteiger partial charge in [-0.25, -0.2) is 4.79 Å². The van der Waals surface area contributed by atoms with Gasteiger partial charge in [0.2, 0.25) is 5.91 Å². The number of likely N-dealkylation sites (tertiary alicyclic amines) is 1. The largest absolute Gasteiger partial charge is 0.450 e. The molecule has 1 heterocycles. The smallest absolute Gasteiger partial charge is 0.409 e. The van der Waals surface area contributed by atoms with E-state index in [9.17, 15) is 9.59 Å². The second-order valence-corrected chi connectivity index (χ2v) is 6.67. The molecule has 0 atom stereocenters. The Morgan fingerprint density at radius 1 is 1.35 bits per heavy atom. The summed E-state index contributed by atoms with van der Waals surface area (Å²) >= 11 is 7.50. The summed E-state index contributed by atoms with van der Waals surface area (Å²) in [7, 11) is 0. The van der Waals surface area contributed by atoms with Gasteiger partial charge in [-0.1, -0.05) is 23.7 Å². The Bertz CT molecular complexity index is 548. The van der Waals surface area contributed by atoms with E-state index in [4.69, 9.17) is 16.3 Å². The Balaban J connectivity index is 1.71. The van der Waals surface area contributed by atoms with Crippen LogP contribution in [0.2, 0.25) is 5.02 Å². The van der Waals surface area contributed by atoms with Crippen molar-refractivity contribution in [1.29, 1.82) is 0 Å². The molecular weight excluding hydrogens is 336 g/mol. The van der Waals surface area contributed by atoms with Crippen molar-refractivity contribution in [3.63, 3.8) is 0 Å². The highest BCUT2D eigenvalue weighted by molar-refractivity contribution is 8.00. The Kier molecular flexibility index (Phi) is 7.05. The lowest BCUT2D eigenvalue weighted by molar-refractivity contribution is -0.119. The van der Waals surface area contributed by atoms with Crippen LogP contribution in [-0.4, -0.2) is 48.4 Å². The summed E-state index contributed by atoms with van der Waals surface area (Å²) in [6.45, 7) is 3.40. The second kappa shape index (κ2) is 9.03. The zero-order valence-electron chi connectivity index (χ0n) is 13.1. The van der Waals surface area contributed by atoms with Crippen molar-refractivity contribution < 1.29 is 14.3 Å². The number of thioether (sulfide) groups is 1. The molecule has 1 aliphatic rings. The van der Waals surface area contributed by atoms with Crippen molar-refractivity contribution >= 4 is 35.4 Å². The Morgan fingerprint density at radius 3 is 2.70 bits per heavy atom. The third-order valence-corrected chi connectivity index (χ3v) is 5.10. The van der Waals surface area contributed by atoms with Gasteiger partial charge in [-0.05, 0) is 31.9 Å². The highest BCUT2D eigenvalue weighted by Crippen LogP contribution is 2.26. The summed E-state index contributed by atoms with van der Waals surface area (Å²) in [4.78, 5) is 26.2. The van der Waals surface area contributed by atoms with Gasteiger partial charge in [0.25, 0.3) is 0 Å². The number of amides is 2. The molecular formula is C16H21ClN2O3S. The molecule has 7 heteroatoms. The van der Waals surface area contributed by atoms with E-state index in [-0.39, 0.29) is 18.0 Å². The van der Waals surface area contributed by atoms with Gasteiger partial charge in [0.1, 0.15) is 0 Å². The quantitative estimate of drug-likeness (QED) is 0.823. The molecule has 5 nitrogen and oxygen atoms in total. The molecule has 2 rings (SSSR count). The number of hydrogen-bond acceptors (Lipinski definition) is 4. The number of halogens is 1. The van der Waals surface area contributed by atoms with Crippen molar-refractivity contribution in [3.05, 3.63) is 29.3 Å². The standard InChI is InChI=1S/C16H21ClN2O3S/c1-2-22-16(21)19-9-7-12(8-10-19)18-15(20)11-23-14-6-4-3-5-13(14)17/h3-6,12H,2,7-11H2,1H3,(H,18,20). The topological polar surface area (TPSA) is 58.6 Å². The molecule has 1 fully saturated rings. The Morgan fingerprint density at radius 2 is 2.04 bits per heavy atom. The zero-order chi connectivity index (χ0) is 16.7. The molecule has 1 aromatic rings. The SMILES string of the molecule is CCOC(=O)N1CCC(NC(=O)CSc2ccccc2Cl)CC1. The summed E-state index contributed by atoms with van der Waals surface area (Å²) in [5, 5.41) is 3.68. The van der Waals surface area contributed by atoms with Gasteiger partial charge in [0, 0.05) is 24.0 Å². The maximum absolute atomic E-state index is 12.0. The minimum absolute atomic E-state index is 0.00972. The Labute approximate surface area is 145 Å². The number of carbonyl (C=O) groups excluding carboxylic acids is 2. The fraction of sp³-hybridized carbons (Fsp3) is 0.500. The molecule has 2 amide bonds. The van der Waals surface area contributed by atoms with Crippen LogP contribution in [-0.2, 0) is 9.53 Å². The van der Waals surface area contributed by atoms with Crippen molar-refractivity contribution in [2.24, 2.45) is 0 Å². The van der Waals surface area contributed by atoms with Crippen LogP contribution in [0.5, 0.6) is 0 Å². The first-order chi connectivity index (χ1) is 11.1. The molecule has 0 radical (unpaired) electrons. The van der Waals surface area contributed by atoms with Crippen LogP contribution in [0.3, 0.4) is 0 Å². The number of nitrogens with one attached hydrogen (secondary N) is 1. The van der Waals surface area contributed by atoms with E-state index in [1.54, 1.807) is 11.8 Å². The predicted molar refractivity (Wildman–Crippen MR) is 91.9 cm³/mol. The fourth-order valence-electron chi connectivity index (χ4n) is 2.40. The lowest BCUT2D eigenvalue weighted by Crippen LogP contribution is -2.47. The molecule has 1 N–H and O–H groups in total. The van der Waals surface area contributed by atoms with Gasteiger partial charge in [-0.15, -0.1) is 11.8 Å². The average molecular weight is 357 g/mol. The highest BCUT2D eigenvalue weighted by atomic mass is 35.5. The summed E-state index contributed by atoms with van der Waals surface area (Å²) in [5.74, 6) is 0.325. The van der Waals surface area contributed by atoms with Crippen molar-refractivity contribution in [3.8, 4) is 0 Å². The molecule has 0 aliphatic carbocycles. The number of carbonyl (C=O) groups is 2. The molecule has 1 aliphatic heterocycles. The molecule has 0 spiro atoms.